The number of methoxy groups -OCH3 is 3. The number of nitrogens with zero attached hydrogens (tertiary/aromatic N) is 1. The van der Waals surface area contributed by atoms with E-state index in [9.17, 15) is 0 Å². The third kappa shape index (κ3) is 7.62. The molecule has 8 nitrogen and oxygen atoms in total. The van der Waals surface area contributed by atoms with Crippen LogP contribution in [0.25, 0.3) is 0 Å². The summed E-state index contributed by atoms with van der Waals surface area (Å²) in [7, 11) is 6.68. The van der Waals surface area contributed by atoms with Crippen LogP contribution in [0.2, 0.25) is 0 Å². The summed E-state index contributed by atoms with van der Waals surface area (Å²) >= 11 is 0. The quantitative estimate of drug-likeness (QED) is 0.310. The number of ether oxygens (including phenoxy) is 5. The molecule has 164 valence electrons. The highest BCUT2D eigenvalue weighted by molar-refractivity contribution is 5.79. The van der Waals surface area contributed by atoms with Crippen LogP contribution in [0.15, 0.2) is 17.1 Å². The van der Waals surface area contributed by atoms with E-state index in [0.29, 0.717) is 18.2 Å². The molecule has 0 amide bonds. The summed E-state index contributed by atoms with van der Waals surface area (Å²) in [6.07, 6.45) is 2.76. The molecule has 1 aliphatic heterocycles. The van der Waals surface area contributed by atoms with Crippen molar-refractivity contribution in [2.75, 3.05) is 67.9 Å². The fraction of sp³-hybridized carbons (Fsp3) is 0.667. The van der Waals surface area contributed by atoms with Gasteiger partial charge in [0, 0.05) is 57.0 Å². The monoisotopic (exact) mass is 409 g/mol. The van der Waals surface area contributed by atoms with Crippen molar-refractivity contribution < 1.29 is 23.7 Å². The van der Waals surface area contributed by atoms with Gasteiger partial charge in [-0.15, -0.1) is 0 Å². The minimum Gasteiger partial charge on any atom is -0.496 e. The van der Waals surface area contributed by atoms with Crippen molar-refractivity contribution in [1.82, 2.24) is 10.6 Å². The second kappa shape index (κ2) is 13.1. The molecule has 1 aromatic rings. The number of aliphatic imine (C=N–C) groups is 1. The van der Waals surface area contributed by atoms with Crippen LogP contribution in [-0.2, 0) is 15.9 Å². The van der Waals surface area contributed by atoms with Crippen molar-refractivity contribution in [1.29, 1.82) is 0 Å². The van der Waals surface area contributed by atoms with Crippen LogP contribution in [0, 0.1) is 5.92 Å². The Kier molecular flexibility index (Phi) is 10.4. The van der Waals surface area contributed by atoms with Crippen LogP contribution in [0.5, 0.6) is 17.2 Å². The van der Waals surface area contributed by atoms with Gasteiger partial charge in [-0.2, -0.15) is 0 Å². The molecule has 2 N–H and O–H groups in total. The summed E-state index contributed by atoms with van der Waals surface area (Å²) < 4.78 is 27.4. The van der Waals surface area contributed by atoms with E-state index in [0.717, 1.165) is 75.3 Å². The lowest BCUT2D eigenvalue weighted by molar-refractivity contribution is 0.0888. The van der Waals surface area contributed by atoms with E-state index in [1.165, 1.54) is 0 Å². The Labute approximate surface area is 173 Å². The van der Waals surface area contributed by atoms with Gasteiger partial charge >= 0.3 is 0 Å². The van der Waals surface area contributed by atoms with E-state index in [1.807, 2.05) is 12.1 Å². The van der Waals surface area contributed by atoms with Gasteiger partial charge in [-0.3, -0.25) is 4.99 Å². The lowest BCUT2D eigenvalue weighted by Crippen LogP contribution is -2.39. The number of hydrogen-bond donors (Lipinski definition) is 2. The number of benzene rings is 1. The minimum atomic E-state index is 0.560. The van der Waals surface area contributed by atoms with E-state index in [4.69, 9.17) is 23.7 Å². The van der Waals surface area contributed by atoms with Gasteiger partial charge in [0.2, 0.25) is 0 Å². The van der Waals surface area contributed by atoms with Crippen molar-refractivity contribution in [3.8, 4) is 17.2 Å². The Morgan fingerprint density at radius 3 is 2.41 bits per heavy atom. The molecule has 1 aliphatic rings. The Morgan fingerprint density at radius 1 is 1.10 bits per heavy atom. The predicted octanol–water partition coefficient (Wildman–Crippen LogP) is 1.86. The Balaban J connectivity index is 1.70. The maximum absolute atomic E-state index is 5.72. The molecule has 0 aliphatic carbocycles. The third-order valence-corrected chi connectivity index (χ3v) is 4.84. The fourth-order valence-electron chi connectivity index (χ4n) is 3.20. The largest absolute Gasteiger partial charge is 0.496 e. The maximum Gasteiger partial charge on any atom is 0.190 e. The van der Waals surface area contributed by atoms with Crippen LogP contribution >= 0.6 is 0 Å². The molecule has 0 saturated carbocycles. The van der Waals surface area contributed by atoms with E-state index < -0.39 is 0 Å². The molecule has 1 atom stereocenters. The molecule has 1 saturated heterocycles. The SMILES string of the molecule is CN=C(NCCCOCC1CCOC1)NCCc1c(OC)cc(OC)cc1OC. The summed E-state index contributed by atoms with van der Waals surface area (Å²) in [5, 5.41) is 6.64. The van der Waals surface area contributed by atoms with E-state index in [2.05, 4.69) is 15.6 Å². The number of rotatable bonds is 12. The fourth-order valence-corrected chi connectivity index (χ4v) is 3.20. The summed E-state index contributed by atoms with van der Waals surface area (Å²) in [5.74, 6) is 3.52. The second-order valence-electron chi connectivity index (χ2n) is 6.84. The van der Waals surface area contributed by atoms with Crippen LogP contribution in [-0.4, -0.2) is 73.9 Å². The predicted molar refractivity (Wildman–Crippen MR) is 114 cm³/mol. The smallest absolute Gasteiger partial charge is 0.190 e. The first-order chi connectivity index (χ1) is 14.2. The van der Waals surface area contributed by atoms with Crippen molar-refractivity contribution in [2.45, 2.75) is 19.3 Å². The van der Waals surface area contributed by atoms with Gasteiger partial charge in [0.1, 0.15) is 17.2 Å². The molecule has 0 aromatic heterocycles. The molecule has 1 unspecified atom stereocenters. The average Bonchev–Trinajstić information content (AvgIpc) is 3.27. The highest BCUT2D eigenvalue weighted by atomic mass is 16.5. The zero-order valence-electron chi connectivity index (χ0n) is 18.1. The van der Waals surface area contributed by atoms with Crippen LogP contribution in [0.4, 0.5) is 0 Å². The minimum absolute atomic E-state index is 0.560. The lowest BCUT2D eigenvalue weighted by Gasteiger charge is -2.16. The maximum atomic E-state index is 5.72. The highest BCUT2D eigenvalue weighted by Gasteiger charge is 2.15. The molecule has 29 heavy (non-hydrogen) atoms. The van der Waals surface area contributed by atoms with Gasteiger partial charge in [-0.1, -0.05) is 0 Å². The van der Waals surface area contributed by atoms with E-state index in [-0.39, 0.29) is 0 Å². The molecular weight excluding hydrogens is 374 g/mol. The van der Waals surface area contributed by atoms with Gasteiger partial charge < -0.3 is 34.3 Å². The molecule has 2 rings (SSSR count). The molecule has 0 radical (unpaired) electrons. The Hall–Kier alpha value is -2.19. The zero-order valence-corrected chi connectivity index (χ0v) is 18.1. The molecule has 0 spiro atoms. The van der Waals surface area contributed by atoms with E-state index in [1.54, 1.807) is 28.4 Å². The van der Waals surface area contributed by atoms with Gasteiger partial charge in [0.25, 0.3) is 0 Å². The van der Waals surface area contributed by atoms with Gasteiger partial charge in [-0.05, 0) is 19.3 Å². The zero-order chi connectivity index (χ0) is 20.9. The normalized spacial score (nSPS) is 16.6. The van der Waals surface area contributed by atoms with Gasteiger partial charge in [0.15, 0.2) is 5.96 Å². The van der Waals surface area contributed by atoms with Crippen molar-refractivity contribution in [3.63, 3.8) is 0 Å². The van der Waals surface area contributed by atoms with Crippen LogP contribution < -0.4 is 24.8 Å². The first-order valence-corrected chi connectivity index (χ1v) is 10.1. The molecule has 1 aromatic carbocycles. The average molecular weight is 410 g/mol. The number of guanidine groups is 1. The van der Waals surface area contributed by atoms with Crippen LogP contribution in [0.3, 0.4) is 0 Å². The third-order valence-electron chi connectivity index (χ3n) is 4.84. The van der Waals surface area contributed by atoms with Crippen molar-refractivity contribution in [2.24, 2.45) is 10.9 Å². The molecular formula is C21H35N3O5. The van der Waals surface area contributed by atoms with Crippen LogP contribution in [0.1, 0.15) is 18.4 Å². The summed E-state index contributed by atoms with van der Waals surface area (Å²) in [4.78, 5) is 4.27. The Bertz CT molecular complexity index is 608. The first kappa shape index (κ1) is 23.1. The topological polar surface area (TPSA) is 82.6 Å². The molecule has 0 bridgehead atoms. The van der Waals surface area contributed by atoms with Gasteiger partial charge in [0.05, 0.1) is 34.5 Å². The van der Waals surface area contributed by atoms with Crippen molar-refractivity contribution >= 4 is 5.96 Å². The molecule has 8 heteroatoms. The number of nitrogens with one attached hydrogen (secondary N) is 2. The van der Waals surface area contributed by atoms with Crippen molar-refractivity contribution in [3.05, 3.63) is 17.7 Å². The molecule has 1 heterocycles. The van der Waals surface area contributed by atoms with E-state index >= 15 is 0 Å². The summed E-state index contributed by atoms with van der Waals surface area (Å²) in [6, 6.07) is 3.73. The first-order valence-electron chi connectivity index (χ1n) is 10.1. The summed E-state index contributed by atoms with van der Waals surface area (Å²) in [5.41, 5.74) is 0.989. The highest BCUT2D eigenvalue weighted by Crippen LogP contribution is 2.34. The Morgan fingerprint density at radius 2 is 1.83 bits per heavy atom. The molecule has 1 fully saturated rings. The second-order valence-corrected chi connectivity index (χ2v) is 6.84. The standard InChI is InChI=1S/C21H35N3O5/c1-22-21(23-8-5-10-28-14-16-7-11-29-15-16)24-9-6-18-19(26-3)12-17(25-2)13-20(18)27-4/h12-13,16H,5-11,14-15H2,1-4H3,(H2,22,23,24). The summed E-state index contributed by atoms with van der Waals surface area (Å²) in [6.45, 7) is 4.72. The lowest BCUT2D eigenvalue weighted by atomic mass is 10.1. The van der Waals surface area contributed by atoms with Gasteiger partial charge in [-0.25, -0.2) is 0 Å². The number of hydrogen-bond acceptors (Lipinski definition) is 6.